The van der Waals surface area contributed by atoms with E-state index >= 15 is 0 Å². The van der Waals surface area contributed by atoms with Crippen molar-refractivity contribution in [3.63, 3.8) is 0 Å². The van der Waals surface area contributed by atoms with Gasteiger partial charge in [0.05, 0.1) is 0 Å². The van der Waals surface area contributed by atoms with Crippen molar-refractivity contribution >= 4 is 33.0 Å². The second-order valence-corrected chi connectivity index (χ2v) is 10.2. The Morgan fingerprint density at radius 1 is 0.765 bits per heavy atom. The highest BCUT2D eigenvalue weighted by Gasteiger charge is 2.29. The molecule has 0 fully saturated rings. The molecule has 0 aliphatic heterocycles. The van der Waals surface area contributed by atoms with Gasteiger partial charge in [0, 0.05) is 23.3 Å². The first-order chi connectivity index (χ1) is 16.3. The summed E-state index contributed by atoms with van der Waals surface area (Å²) in [4.78, 5) is 0. The number of aromatic nitrogens is 2. The molecule has 6 aromatic rings. The first kappa shape index (κ1) is 20.7. The highest BCUT2D eigenvalue weighted by atomic mass is 16.3. The van der Waals surface area contributed by atoms with Crippen LogP contribution in [0.3, 0.4) is 0 Å². The molecule has 0 unspecified atom stereocenters. The minimum absolute atomic E-state index is 0.0629. The van der Waals surface area contributed by atoms with Gasteiger partial charge < -0.3 is 4.42 Å². The summed E-state index contributed by atoms with van der Waals surface area (Å²) >= 11 is 0. The zero-order chi connectivity index (χ0) is 23.6. The highest BCUT2D eigenvalue weighted by molar-refractivity contribution is 6.07. The molecule has 0 radical (unpaired) electrons. The first-order valence-electron chi connectivity index (χ1n) is 11.9. The number of nitrogens with zero attached hydrogens (tertiary/aromatic N) is 2. The van der Waals surface area contributed by atoms with E-state index < -0.39 is 0 Å². The fourth-order valence-electron chi connectivity index (χ4n) is 5.14. The lowest BCUT2D eigenvalue weighted by atomic mass is 9.87. The van der Waals surface area contributed by atoms with Gasteiger partial charge in [-0.25, -0.2) is 0 Å². The molecule has 34 heavy (non-hydrogen) atoms. The summed E-state index contributed by atoms with van der Waals surface area (Å²) in [6, 6.07) is 30.2. The van der Waals surface area contributed by atoms with Crippen LogP contribution in [0, 0.1) is 13.8 Å². The lowest BCUT2D eigenvalue weighted by molar-refractivity contribution is -0.574. The molecule has 0 aliphatic rings. The molecule has 0 N–H and O–H groups in total. The Kier molecular flexibility index (Phi) is 4.47. The maximum absolute atomic E-state index is 6.49. The van der Waals surface area contributed by atoms with E-state index in [1.54, 1.807) is 0 Å². The van der Waals surface area contributed by atoms with Gasteiger partial charge in [0.2, 0.25) is 0 Å². The molecule has 3 nitrogen and oxygen atoms in total. The van der Waals surface area contributed by atoms with Crippen LogP contribution in [-0.2, 0) is 5.41 Å². The van der Waals surface area contributed by atoms with Crippen LogP contribution in [0.2, 0.25) is 0 Å². The van der Waals surface area contributed by atoms with Crippen molar-refractivity contribution in [2.75, 3.05) is 0 Å². The Labute approximate surface area is 199 Å². The lowest BCUT2D eigenvalue weighted by Gasteiger charge is -2.18. The van der Waals surface area contributed by atoms with Gasteiger partial charge in [-0.15, -0.1) is 0 Å². The van der Waals surface area contributed by atoms with Crippen LogP contribution in [0.5, 0.6) is 0 Å². The van der Waals surface area contributed by atoms with E-state index in [-0.39, 0.29) is 5.41 Å². The van der Waals surface area contributed by atoms with E-state index in [0.717, 1.165) is 39.1 Å². The fraction of sp³-hybridized carbons (Fsp3) is 0.194. The van der Waals surface area contributed by atoms with Crippen molar-refractivity contribution in [1.29, 1.82) is 0 Å². The highest BCUT2D eigenvalue weighted by Crippen LogP contribution is 2.35. The Morgan fingerprint density at radius 3 is 2.26 bits per heavy atom. The minimum atomic E-state index is 0.0629. The van der Waals surface area contributed by atoms with E-state index in [4.69, 9.17) is 4.42 Å². The van der Waals surface area contributed by atoms with Crippen LogP contribution in [-0.4, -0.2) is 4.57 Å². The van der Waals surface area contributed by atoms with Crippen molar-refractivity contribution in [3.8, 4) is 11.4 Å². The number of hydrogen-bond acceptors (Lipinski definition) is 1. The number of fused-ring (bicyclic) bond motifs is 4. The smallest absolute Gasteiger partial charge is 0.264 e. The van der Waals surface area contributed by atoms with Gasteiger partial charge >= 0.3 is 0 Å². The van der Waals surface area contributed by atoms with Gasteiger partial charge in [-0.05, 0) is 54.3 Å². The molecule has 2 aromatic heterocycles. The molecule has 0 saturated heterocycles. The largest absolute Gasteiger partial charge is 0.452 e. The maximum Gasteiger partial charge on any atom is 0.264 e. The summed E-state index contributed by atoms with van der Waals surface area (Å²) in [5, 5.41) is 2.30. The van der Waals surface area contributed by atoms with Crippen molar-refractivity contribution in [1.82, 2.24) is 4.57 Å². The molecule has 0 bridgehead atoms. The van der Waals surface area contributed by atoms with Crippen LogP contribution < -0.4 is 4.57 Å². The first-order valence-corrected chi connectivity index (χ1v) is 11.9. The molecule has 0 saturated carbocycles. The van der Waals surface area contributed by atoms with Crippen LogP contribution >= 0.6 is 0 Å². The Balaban J connectivity index is 1.77. The summed E-state index contributed by atoms with van der Waals surface area (Å²) in [7, 11) is 0. The number of rotatable bonds is 2. The second-order valence-electron chi connectivity index (χ2n) is 10.2. The molecule has 0 aliphatic carbocycles. The second kappa shape index (κ2) is 7.33. The van der Waals surface area contributed by atoms with E-state index in [0.29, 0.717) is 0 Å². The lowest BCUT2D eigenvalue weighted by Crippen LogP contribution is -2.34. The average Bonchev–Trinajstić information content (AvgIpc) is 3.33. The van der Waals surface area contributed by atoms with Gasteiger partial charge in [-0.3, -0.25) is 0 Å². The minimum Gasteiger partial charge on any atom is -0.452 e. The Bertz CT molecular complexity index is 1700. The third-order valence-corrected chi connectivity index (χ3v) is 6.93. The summed E-state index contributed by atoms with van der Waals surface area (Å²) < 4.78 is 11.2. The third kappa shape index (κ3) is 3.00. The molecule has 6 rings (SSSR count). The van der Waals surface area contributed by atoms with Crippen molar-refractivity contribution < 1.29 is 8.98 Å². The molecule has 3 heteroatoms. The Morgan fingerprint density at radius 2 is 1.50 bits per heavy atom. The number of aryl methyl sites for hydroxylation is 1. The quantitative estimate of drug-likeness (QED) is 0.250. The maximum atomic E-state index is 6.49. The standard InChI is InChI=1S/C31H29N2O/c1-20-15-17-25-24-13-9-10-14-28(24)34-30(25)29(20)33-21(2)32(23-11-7-6-8-12-23)27-19-22(31(3,4)5)16-18-26(27)33/h6-19H,1-5H3/q+1. The van der Waals surface area contributed by atoms with E-state index in [1.165, 1.54) is 22.2 Å². The fourth-order valence-corrected chi connectivity index (χ4v) is 5.14. The SMILES string of the molecule is Cc1ccc2c(oc3ccccc32)c1-[n+]1c(C)n(-c2ccccc2)c2cc(C(C)(C)C)ccc21. The molecule has 168 valence electrons. The normalized spacial score (nSPS) is 12.3. The summed E-state index contributed by atoms with van der Waals surface area (Å²) in [6.45, 7) is 11.2. The zero-order valence-corrected chi connectivity index (χ0v) is 20.4. The number of imidazole rings is 1. The van der Waals surface area contributed by atoms with Gasteiger partial charge in [0.15, 0.2) is 22.3 Å². The summed E-state index contributed by atoms with van der Waals surface area (Å²) in [5.41, 5.74) is 9.05. The number of furan rings is 1. The third-order valence-electron chi connectivity index (χ3n) is 6.93. The average molecular weight is 446 g/mol. The zero-order valence-electron chi connectivity index (χ0n) is 20.4. The van der Waals surface area contributed by atoms with Crippen LogP contribution in [0.15, 0.2) is 89.3 Å². The monoisotopic (exact) mass is 445 g/mol. The molecule has 0 spiro atoms. The Hall–Kier alpha value is -3.85. The van der Waals surface area contributed by atoms with Gasteiger partial charge in [-0.2, -0.15) is 9.13 Å². The molecular formula is C31H29N2O+. The van der Waals surface area contributed by atoms with Crippen molar-refractivity contribution in [2.45, 2.75) is 40.0 Å². The van der Waals surface area contributed by atoms with Crippen molar-refractivity contribution in [3.05, 3.63) is 102 Å². The predicted molar refractivity (Wildman–Crippen MR) is 140 cm³/mol. The van der Waals surface area contributed by atoms with Gasteiger partial charge in [0.25, 0.3) is 5.82 Å². The molecular weight excluding hydrogens is 416 g/mol. The van der Waals surface area contributed by atoms with Gasteiger partial charge in [-0.1, -0.05) is 69.3 Å². The van der Waals surface area contributed by atoms with Gasteiger partial charge in [0.1, 0.15) is 11.3 Å². The summed E-state index contributed by atoms with van der Waals surface area (Å²) in [5.74, 6) is 1.14. The van der Waals surface area contributed by atoms with Crippen molar-refractivity contribution in [2.24, 2.45) is 0 Å². The molecule has 4 aromatic carbocycles. The number of para-hydroxylation sites is 2. The predicted octanol–water partition coefficient (Wildman–Crippen LogP) is 7.72. The summed E-state index contributed by atoms with van der Waals surface area (Å²) in [6.07, 6.45) is 0. The van der Waals surface area contributed by atoms with E-state index in [1.807, 2.05) is 6.07 Å². The van der Waals surface area contributed by atoms with E-state index in [2.05, 4.69) is 123 Å². The topological polar surface area (TPSA) is 21.9 Å². The van der Waals surface area contributed by atoms with E-state index in [9.17, 15) is 0 Å². The molecule has 0 amide bonds. The van der Waals surface area contributed by atoms with Crippen LogP contribution in [0.1, 0.15) is 37.7 Å². The molecule has 0 atom stereocenters. The molecule has 2 heterocycles. The number of hydrogen-bond donors (Lipinski definition) is 0. The number of benzene rings is 4. The van der Waals surface area contributed by atoms with Crippen LogP contribution in [0.25, 0.3) is 44.3 Å². The van der Waals surface area contributed by atoms with Crippen LogP contribution in [0.4, 0.5) is 0 Å².